The number of hydrogen-bond acceptors (Lipinski definition) is 3. The Morgan fingerprint density at radius 3 is 2.64 bits per heavy atom. The molecule has 0 aromatic heterocycles. The van der Waals surface area contributed by atoms with Gasteiger partial charge >= 0.3 is 0 Å². The Labute approximate surface area is 84.7 Å². The third kappa shape index (κ3) is 1.88. The minimum atomic E-state index is -0.301. The van der Waals surface area contributed by atoms with Crippen molar-refractivity contribution >= 4 is 5.91 Å². The van der Waals surface area contributed by atoms with E-state index in [1.54, 1.807) is 11.9 Å². The first-order chi connectivity index (χ1) is 6.66. The molecule has 0 unspecified atom stereocenters. The summed E-state index contributed by atoms with van der Waals surface area (Å²) >= 11 is 0. The molecular weight excluding hydrogens is 178 g/mol. The van der Waals surface area contributed by atoms with Crippen LogP contribution in [0.25, 0.3) is 0 Å². The maximum absolute atomic E-state index is 11.9. The summed E-state index contributed by atoms with van der Waals surface area (Å²) in [5, 5.41) is 8.42. The third-order valence-electron chi connectivity index (χ3n) is 3.06. The van der Waals surface area contributed by atoms with Crippen molar-refractivity contribution in [3.63, 3.8) is 0 Å². The van der Waals surface area contributed by atoms with Crippen molar-refractivity contribution in [2.24, 2.45) is 11.1 Å². The molecule has 0 spiro atoms. The first kappa shape index (κ1) is 11.0. The maximum atomic E-state index is 11.9. The van der Waals surface area contributed by atoms with Gasteiger partial charge in [0.25, 0.3) is 0 Å². The Bertz CT molecular complexity index is 247. The van der Waals surface area contributed by atoms with Gasteiger partial charge in [0, 0.05) is 20.1 Å². The molecule has 14 heavy (non-hydrogen) atoms. The van der Waals surface area contributed by atoms with Gasteiger partial charge in [-0.2, -0.15) is 5.26 Å². The van der Waals surface area contributed by atoms with Crippen molar-refractivity contribution in [1.82, 2.24) is 4.90 Å². The van der Waals surface area contributed by atoms with Crippen LogP contribution in [0.4, 0.5) is 0 Å². The van der Waals surface area contributed by atoms with E-state index >= 15 is 0 Å². The van der Waals surface area contributed by atoms with Crippen molar-refractivity contribution in [3.05, 3.63) is 0 Å². The first-order valence-corrected chi connectivity index (χ1v) is 4.99. The van der Waals surface area contributed by atoms with Crippen molar-refractivity contribution in [2.75, 3.05) is 20.1 Å². The summed E-state index contributed by atoms with van der Waals surface area (Å²) in [5.41, 5.74) is 5.32. The predicted octanol–water partition coefficient (Wildman–Crippen LogP) is 0.487. The smallest absolute Gasteiger partial charge is 0.229 e. The van der Waals surface area contributed by atoms with Crippen LogP contribution in [0.1, 0.15) is 25.7 Å². The summed E-state index contributed by atoms with van der Waals surface area (Å²) in [7, 11) is 1.75. The topological polar surface area (TPSA) is 70.1 Å². The van der Waals surface area contributed by atoms with Crippen LogP contribution in [-0.2, 0) is 4.79 Å². The fourth-order valence-electron chi connectivity index (χ4n) is 1.83. The number of hydrogen-bond donors (Lipinski definition) is 1. The Morgan fingerprint density at radius 2 is 2.29 bits per heavy atom. The molecule has 0 aromatic carbocycles. The van der Waals surface area contributed by atoms with Crippen LogP contribution in [0.2, 0.25) is 0 Å². The molecule has 1 amide bonds. The summed E-state index contributed by atoms with van der Waals surface area (Å²) in [5.74, 6) is 0.113. The molecule has 1 fully saturated rings. The lowest BCUT2D eigenvalue weighted by atomic mass is 9.68. The van der Waals surface area contributed by atoms with E-state index in [1.165, 1.54) is 0 Å². The van der Waals surface area contributed by atoms with E-state index in [1.807, 2.05) is 6.07 Å². The number of rotatable bonds is 4. The zero-order valence-electron chi connectivity index (χ0n) is 8.62. The molecule has 0 aliphatic heterocycles. The fraction of sp³-hybridized carbons (Fsp3) is 0.800. The number of nitriles is 1. The van der Waals surface area contributed by atoms with Gasteiger partial charge in [-0.15, -0.1) is 0 Å². The third-order valence-corrected chi connectivity index (χ3v) is 3.06. The van der Waals surface area contributed by atoms with E-state index in [-0.39, 0.29) is 11.3 Å². The molecule has 4 heteroatoms. The standard InChI is InChI=1S/C10H17N3O/c1-13(7-3-6-11)9(14)10(8-12)4-2-5-10/h2-5,7-8,12H2,1H3. The molecular formula is C10H17N3O. The Balaban J connectivity index is 2.51. The van der Waals surface area contributed by atoms with Gasteiger partial charge in [0.15, 0.2) is 0 Å². The lowest BCUT2D eigenvalue weighted by Gasteiger charge is -2.41. The molecule has 0 heterocycles. The second kappa shape index (κ2) is 4.43. The molecule has 0 bridgehead atoms. The molecule has 4 nitrogen and oxygen atoms in total. The second-order valence-corrected chi connectivity index (χ2v) is 3.97. The summed E-state index contributed by atoms with van der Waals surface area (Å²) < 4.78 is 0. The molecule has 1 rings (SSSR count). The van der Waals surface area contributed by atoms with Crippen LogP contribution in [-0.4, -0.2) is 30.9 Å². The van der Waals surface area contributed by atoms with Gasteiger partial charge in [0.05, 0.1) is 17.9 Å². The normalized spacial score (nSPS) is 18.1. The van der Waals surface area contributed by atoms with Gasteiger partial charge in [-0.25, -0.2) is 0 Å². The van der Waals surface area contributed by atoms with Crippen molar-refractivity contribution in [2.45, 2.75) is 25.7 Å². The molecule has 1 aliphatic rings. The zero-order valence-corrected chi connectivity index (χ0v) is 8.62. The van der Waals surface area contributed by atoms with Gasteiger partial charge in [-0.3, -0.25) is 4.79 Å². The van der Waals surface area contributed by atoms with Gasteiger partial charge in [-0.05, 0) is 12.8 Å². The molecule has 1 saturated carbocycles. The van der Waals surface area contributed by atoms with Gasteiger partial charge in [-0.1, -0.05) is 6.42 Å². The molecule has 0 aromatic rings. The number of carbonyl (C=O) groups is 1. The van der Waals surface area contributed by atoms with Crippen LogP contribution in [0.3, 0.4) is 0 Å². The molecule has 1 aliphatic carbocycles. The van der Waals surface area contributed by atoms with Crippen LogP contribution in [0.5, 0.6) is 0 Å². The summed E-state index contributed by atoms with van der Waals surface area (Å²) in [6.45, 7) is 0.944. The highest BCUT2D eigenvalue weighted by molar-refractivity contribution is 5.83. The van der Waals surface area contributed by atoms with E-state index < -0.39 is 0 Å². The average molecular weight is 195 g/mol. The highest BCUT2D eigenvalue weighted by Gasteiger charge is 2.44. The first-order valence-electron chi connectivity index (χ1n) is 4.99. The molecule has 0 saturated heterocycles. The Kier molecular flexibility index (Phi) is 3.48. The molecule has 2 N–H and O–H groups in total. The lowest BCUT2D eigenvalue weighted by Crippen LogP contribution is -2.51. The largest absolute Gasteiger partial charge is 0.344 e. The second-order valence-electron chi connectivity index (χ2n) is 3.97. The SMILES string of the molecule is CN(CCC#N)C(=O)C1(CN)CCC1. The van der Waals surface area contributed by atoms with Gasteiger partial charge in [0.1, 0.15) is 0 Å². The summed E-state index contributed by atoms with van der Waals surface area (Å²) in [6, 6.07) is 2.03. The quantitative estimate of drug-likeness (QED) is 0.709. The monoisotopic (exact) mass is 195 g/mol. The molecule has 0 atom stereocenters. The van der Waals surface area contributed by atoms with Crippen LogP contribution in [0, 0.1) is 16.7 Å². The molecule has 0 radical (unpaired) electrons. The number of nitrogens with two attached hydrogens (primary N) is 1. The van der Waals surface area contributed by atoms with Gasteiger partial charge in [0.2, 0.25) is 5.91 Å². The fourth-order valence-corrected chi connectivity index (χ4v) is 1.83. The Hall–Kier alpha value is -1.08. The minimum absolute atomic E-state index is 0.113. The van der Waals surface area contributed by atoms with Crippen LogP contribution < -0.4 is 5.73 Å². The van der Waals surface area contributed by atoms with E-state index in [0.717, 1.165) is 19.3 Å². The summed E-state index contributed by atoms with van der Waals surface area (Å²) in [6.07, 6.45) is 3.29. The number of amides is 1. The highest BCUT2D eigenvalue weighted by Crippen LogP contribution is 2.41. The van der Waals surface area contributed by atoms with Crippen molar-refractivity contribution in [3.8, 4) is 6.07 Å². The minimum Gasteiger partial charge on any atom is -0.344 e. The lowest BCUT2D eigenvalue weighted by molar-refractivity contribution is -0.145. The average Bonchev–Trinajstić information content (AvgIpc) is 2.13. The van der Waals surface area contributed by atoms with E-state index in [9.17, 15) is 4.79 Å². The Morgan fingerprint density at radius 1 is 1.64 bits per heavy atom. The van der Waals surface area contributed by atoms with Crippen molar-refractivity contribution in [1.29, 1.82) is 5.26 Å². The maximum Gasteiger partial charge on any atom is 0.229 e. The zero-order chi connectivity index (χ0) is 10.6. The van der Waals surface area contributed by atoms with Crippen LogP contribution in [0.15, 0.2) is 0 Å². The highest BCUT2D eigenvalue weighted by atomic mass is 16.2. The number of nitrogens with zero attached hydrogens (tertiary/aromatic N) is 2. The van der Waals surface area contributed by atoms with Gasteiger partial charge < -0.3 is 10.6 Å². The van der Waals surface area contributed by atoms with Crippen LogP contribution >= 0.6 is 0 Å². The predicted molar refractivity (Wildman–Crippen MR) is 53.2 cm³/mol. The molecule has 78 valence electrons. The summed E-state index contributed by atoms with van der Waals surface area (Å²) in [4.78, 5) is 13.6. The van der Waals surface area contributed by atoms with E-state index in [4.69, 9.17) is 11.0 Å². The van der Waals surface area contributed by atoms with E-state index in [2.05, 4.69) is 0 Å². The number of carbonyl (C=O) groups excluding carboxylic acids is 1. The van der Waals surface area contributed by atoms with E-state index in [0.29, 0.717) is 19.5 Å². The van der Waals surface area contributed by atoms with Crippen molar-refractivity contribution < 1.29 is 4.79 Å².